The zero-order valence-corrected chi connectivity index (χ0v) is 14.8. The van der Waals surface area contributed by atoms with Crippen LogP contribution in [-0.4, -0.2) is 26.5 Å². The molecule has 0 unspecified atom stereocenters. The molecule has 6 heteroatoms. The van der Waals surface area contributed by atoms with Crippen molar-refractivity contribution in [2.75, 3.05) is 5.32 Å². The molecule has 0 radical (unpaired) electrons. The summed E-state index contributed by atoms with van der Waals surface area (Å²) in [5.74, 6) is 0.949. The zero-order chi connectivity index (χ0) is 18.1. The molecule has 26 heavy (non-hydrogen) atoms. The van der Waals surface area contributed by atoms with E-state index in [0.717, 1.165) is 29.7 Å². The fraction of sp³-hybridized carbons (Fsp3) is 0.300. The number of fused-ring (bicyclic) bond motifs is 1. The minimum absolute atomic E-state index is 0.149. The van der Waals surface area contributed by atoms with Crippen molar-refractivity contribution in [3.8, 4) is 22.9 Å². The highest BCUT2D eigenvalue weighted by molar-refractivity contribution is 6.05. The number of rotatable bonds is 4. The molecule has 0 fully saturated rings. The van der Waals surface area contributed by atoms with Crippen molar-refractivity contribution >= 4 is 11.5 Å². The molecule has 0 amide bonds. The van der Waals surface area contributed by atoms with Gasteiger partial charge in [0.2, 0.25) is 11.8 Å². The van der Waals surface area contributed by atoms with Crippen LogP contribution in [0.3, 0.4) is 0 Å². The fourth-order valence-electron chi connectivity index (χ4n) is 3.37. The molecule has 1 aromatic carbocycles. The summed E-state index contributed by atoms with van der Waals surface area (Å²) >= 11 is 0. The van der Waals surface area contributed by atoms with E-state index in [0.29, 0.717) is 23.8 Å². The molecule has 1 aliphatic rings. The number of ketones is 1. The molecule has 2 aromatic heterocycles. The van der Waals surface area contributed by atoms with Gasteiger partial charge in [0, 0.05) is 41.2 Å². The first-order chi connectivity index (χ1) is 12.6. The van der Waals surface area contributed by atoms with Crippen molar-refractivity contribution in [1.29, 1.82) is 0 Å². The highest BCUT2D eigenvalue weighted by Gasteiger charge is 2.35. The Balaban J connectivity index is 1.68. The van der Waals surface area contributed by atoms with Crippen molar-refractivity contribution < 1.29 is 9.21 Å². The van der Waals surface area contributed by atoms with Crippen LogP contribution in [0.2, 0.25) is 0 Å². The van der Waals surface area contributed by atoms with Gasteiger partial charge in [0.25, 0.3) is 0 Å². The Kier molecular flexibility index (Phi) is 4.03. The number of aromatic nitrogens is 3. The zero-order valence-electron chi connectivity index (χ0n) is 14.8. The van der Waals surface area contributed by atoms with Crippen LogP contribution in [-0.2, 0) is 0 Å². The largest absolute Gasteiger partial charge is 0.416 e. The third kappa shape index (κ3) is 2.77. The van der Waals surface area contributed by atoms with Crippen molar-refractivity contribution in [1.82, 2.24) is 15.2 Å². The van der Waals surface area contributed by atoms with Gasteiger partial charge in [-0.05, 0) is 43.2 Å². The summed E-state index contributed by atoms with van der Waals surface area (Å²) in [5.41, 5.74) is 2.91. The predicted molar refractivity (Wildman–Crippen MR) is 98.8 cm³/mol. The van der Waals surface area contributed by atoms with Gasteiger partial charge < -0.3 is 9.73 Å². The molecule has 6 nitrogen and oxygen atoms in total. The molecule has 132 valence electrons. The van der Waals surface area contributed by atoms with E-state index in [4.69, 9.17) is 4.42 Å². The minimum atomic E-state index is -0.149. The minimum Gasteiger partial charge on any atom is -0.416 e. The predicted octanol–water partition coefficient (Wildman–Crippen LogP) is 4.36. The van der Waals surface area contributed by atoms with Crippen molar-refractivity contribution in [3.05, 3.63) is 48.3 Å². The van der Waals surface area contributed by atoms with Gasteiger partial charge in [-0.15, -0.1) is 10.2 Å². The van der Waals surface area contributed by atoms with Crippen LogP contribution in [0, 0.1) is 0 Å². The number of hydrogen-bond acceptors (Lipinski definition) is 6. The molecular weight excluding hydrogens is 328 g/mol. The van der Waals surface area contributed by atoms with Crippen LogP contribution in [0.4, 0.5) is 5.69 Å². The lowest BCUT2D eigenvalue weighted by Gasteiger charge is -2.38. The first-order valence-corrected chi connectivity index (χ1v) is 8.84. The van der Waals surface area contributed by atoms with E-state index >= 15 is 0 Å². The number of anilines is 1. The SMILES string of the molecule is CCC1(CC)CC(=O)c2cc(-c3nnc(-c4cccnc4)o3)ccc2N1. The van der Waals surface area contributed by atoms with Crippen molar-refractivity contribution in [2.45, 2.75) is 38.6 Å². The molecule has 3 heterocycles. The van der Waals surface area contributed by atoms with Crippen LogP contribution in [0.25, 0.3) is 22.9 Å². The van der Waals surface area contributed by atoms with Crippen LogP contribution in [0.1, 0.15) is 43.5 Å². The third-order valence-corrected chi connectivity index (χ3v) is 5.15. The van der Waals surface area contributed by atoms with Gasteiger partial charge in [0.05, 0.1) is 5.56 Å². The van der Waals surface area contributed by atoms with Crippen molar-refractivity contribution in [2.24, 2.45) is 0 Å². The van der Waals surface area contributed by atoms with E-state index in [2.05, 4.69) is 34.3 Å². The van der Waals surface area contributed by atoms with E-state index in [-0.39, 0.29) is 11.3 Å². The highest BCUT2D eigenvalue weighted by Crippen LogP contribution is 2.37. The summed E-state index contributed by atoms with van der Waals surface area (Å²) in [6, 6.07) is 9.34. The van der Waals surface area contributed by atoms with E-state index in [1.54, 1.807) is 12.4 Å². The topological polar surface area (TPSA) is 80.9 Å². The van der Waals surface area contributed by atoms with Gasteiger partial charge in [0.15, 0.2) is 5.78 Å². The second-order valence-corrected chi connectivity index (χ2v) is 6.63. The second-order valence-electron chi connectivity index (χ2n) is 6.63. The smallest absolute Gasteiger partial charge is 0.249 e. The maximum absolute atomic E-state index is 12.7. The number of Topliss-reactive ketones (excluding diaryl/α,β-unsaturated/α-hetero) is 1. The van der Waals surface area contributed by atoms with E-state index in [9.17, 15) is 4.79 Å². The Hall–Kier alpha value is -3.02. The fourth-order valence-corrected chi connectivity index (χ4v) is 3.37. The molecule has 1 aliphatic heterocycles. The van der Waals surface area contributed by atoms with Crippen LogP contribution < -0.4 is 5.32 Å². The number of benzene rings is 1. The summed E-state index contributed by atoms with van der Waals surface area (Å²) in [7, 11) is 0. The van der Waals surface area contributed by atoms with Crippen LogP contribution in [0.15, 0.2) is 47.1 Å². The van der Waals surface area contributed by atoms with E-state index < -0.39 is 0 Å². The van der Waals surface area contributed by atoms with Gasteiger partial charge in [-0.1, -0.05) is 13.8 Å². The Morgan fingerprint density at radius 1 is 1.12 bits per heavy atom. The molecular formula is C20H20N4O2. The van der Waals surface area contributed by atoms with Gasteiger partial charge in [0.1, 0.15) is 0 Å². The first-order valence-electron chi connectivity index (χ1n) is 8.84. The average molecular weight is 348 g/mol. The second kappa shape index (κ2) is 6.37. The third-order valence-electron chi connectivity index (χ3n) is 5.15. The lowest BCUT2D eigenvalue weighted by Crippen LogP contribution is -2.43. The number of pyridine rings is 1. The molecule has 4 rings (SSSR count). The Bertz CT molecular complexity index is 945. The number of carbonyl (C=O) groups excluding carboxylic acids is 1. The molecule has 0 saturated heterocycles. The maximum atomic E-state index is 12.7. The van der Waals surface area contributed by atoms with Crippen LogP contribution >= 0.6 is 0 Å². The Labute approximate surface area is 151 Å². The highest BCUT2D eigenvalue weighted by atomic mass is 16.4. The summed E-state index contributed by atoms with van der Waals surface area (Å²) in [6.07, 6.45) is 5.69. The lowest BCUT2D eigenvalue weighted by molar-refractivity contribution is 0.0946. The van der Waals surface area contributed by atoms with Crippen LogP contribution in [0.5, 0.6) is 0 Å². The Morgan fingerprint density at radius 3 is 2.58 bits per heavy atom. The van der Waals surface area contributed by atoms with Gasteiger partial charge in [-0.25, -0.2) is 0 Å². The molecule has 0 saturated carbocycles. The molecule has 0 bridgehead atoms. The van der Waals surface area contributed by atoms with Gasteiger partial charge in [-0.2, -0.15) is 0 Å². The molecule has 1 N–H and O–H groups in total. The summed E-state index contributed by atoms with van der Waals surface area (Å²) in [6.45, 7) is 4.23. The van der Waals surface area contributed by atoms with E-state index in [1.807, 2.05) is 30.3 Å². The molecule has 0 spiro atoms. The molecule has 3 aromatic rings. The first kappa shape index (κ1) is 16.4. The lowest BCUT2D eigenvalue weighted by atomic mass is 9.81. The number of nitrogens with zero attached hydrogens (tertiary/aromatic N) is 3. The Morgan fingerprint density at radius 2 is 1.88 bits per heavy atom. The maximum Gasteiger partial charge on any atom is 0.249 e. The summed E-state index contributed by atoms with van der Waals surface area (Å²) in [4.78, 5) is 16.8. The van der Waals surface area contributed by atoms with E-state index in [1.165, 1.54) is 0 Å². The molecule has 0 atom stereocenters. The quantitative estimate of drug-likeness (QED) is 0.755. The monoisotopic (exact) mass is 348 g/mol. The van der Waals surface area contributed by atoms with Gasteiger partial charge >= 0.3 is 0 Å². The standard InChI is InChI=1S/C20H20N4O2/c1-3-20(4-2)11-17(25)15-10-13(7-8-16(15)22-20)18-23-24-19(26-18)14-6-5-9-21-12-14/h5-10,12,22H,3-4,11H2,1-2H3. The number of hydrogen-bond donors (Lipinski definition) is 1. The van der Waals surface area contributed by atoms with Gasteiger partial charge in [-0.3, -0.25) is 9.78 Å². The normalized spacial score (nSPS) is 15.4. The average Bonchev–Trinajstić information content (AvgIpc) is 3.18. The summed E-state index contributed by atoms with van der Waals surface area (Å²) < 4.78 is 5.77. The summed E-state index contributed by atoms with van der Waals surface area (Å²) in [5, 5.41) is 11.8. The van der Waals surface area contributed by atoms with Crippen molar-refractivity contribution in [3.63, 3.8) is 0 Å². The molecule has 0 aliphatic carbocycles. The number of nitrogens with one attached hydrogen (secondary N) is 1. The number of carbonyl (C=O) groups is 1.